The summed E-state index contributed by atoms with van der Waals surface area (Å²) in [5.74, 6) is -1.58. The van der Waals surface area contributed by atoms with Crippen molar-refractivity contribution in [3.05, 3.63) is 24.3 Å². The Balaban J connectivity index is 0.00000480. The maximum Gasteiger partial charge on any atom is 0.501 e. The van der Waals surface area contributed by atoms with Crippen molar-refractivity contribution in [1.29, 1.82) is 0 Å². The Hall–Kier alpha value is -2.05. The van der Waals surface area contributed by atoms with E-state index in [1.807, 2.05) is 0 Å². The van der Waals surface area contributed by atoms with E-state index in [1.54, 1.807) is 20.8 Å². The van der Waals surface area contributed by atoms with E-state index in [-0.39, 0.29) is 30.9 Å². The molecule has 1 aromatic carbocycles. The minimum Gasteiger partial charge on any atom is -0.444 e. The Morgan fingerprint density at radius 3 is 2.32 bits per heavy atom. The molecule has 2 rings (SSSR count). The Morgan fingerprint density at radius 1 is 1.16 bits per heavy atom. The summed E-state index contributed by atoms with van der Waals surface area (Å²) >= 11 is 0. The van der Waals surface area contributed by atoms with Gasteiger partial charge in [-0.25, -0.2) is 13.2 Å². The van der Waals surface area contributed by atoms with E-state index in [2.05, 4.69) is 10.6 Å². The predicted octanol–water partition coefficient (Wildman–Crippen LogP) is 3.00. The number of nitrogens with one attached hydrogen (secondary N) is 2. The van der Waals surface area contributed by atoms with Crippen LogP contribution >= 0.6 is 12.4 Å². The van der Waals surface area contributed by atoms with E-state index in [9.17, 15) is 36.3 Å². The number of rotatable bonds is 4. The van der Waals surface area contributed by atoms with Crippen molar-refractivity contribution in [2.75, 3.05) is 5.32 Å². The number of ether oxygens (including phenoxy) is 1. The number of sulfone groups is 1. The van der Waals surface area contributed by atoms with Crippen molar-refractivity contribution in [3.63, 3.8) is 0 Å². The summed E-state index contributed by atoms with van der Waals surface area (Å²) in [7, 11) is -5.57. The number of aliphatic hydroxyl groups is 1. The Kier molecular flexibility index (Phi) is 8.37. The molecule has 31 heavy (non-hydrogen) atoms. The molecule has 1 aliphatic rings. The quantitative estimate of drug-likeness (QED) is 0.599. The molecule has 1 aliphatic carbocycles. The molecule has 8 nitrogen and oxygen atoms in total. The summed E-state index contributed by atoms with van der Waals surface area (Å²) in [6, 6.07) is 2.79. The topological polar surface area (TPSA) is 122 Å². The molecule has 0 radical (unpaired) electrons. The molecule has 1 saturated carbocycles. The number of amides is 2. The summed E-state index contributed by atoms with van der Waals surface area (Å²) in [6.07, 6.45) is -1.44. The zero-order valence-electron chi connectivity index (χ0n) is 16.9. The second-order valence-corrected chi connectivity index (χ2v) is 9.83. The van der Waals surface area contributed by atoms with Crippen molar-refractivity contribution in [2.24, 2.45) is 5.92 Å². The summed E-state index contributed by atoms with van der Waals surface area (Å²) in [5.41, 5.74) is -6.44. The van der Waals surface area contributed by atoms with Crippen molar-refractivity contribution in [3.8, 4) is 0 Å². The number of alkyl halides is 3. The van der Waals surface area contributed by atoms with E-state index in [0.717, 1.165) is 12.1 Å². The lowest BCUT2D eigenvalue weighted by Gasteiger charge is -2.26. The first-order chi connectivity index (χ1) is 13.6. The van der Waals surface area contributed by atoms with Crippen LogP contribution in [-0.2, 0) is 19.4 Å². The molecule has 0 aliphatic heterocycles. The van der Waals surface area contributed by atoms with E-state index < -0.39 is 55.9 Å². The Bertz CT molecular complexity index is 918. The van der Waals surface area contributed by atoms with Crippen LogP contribution in [-0.4, -0.2) is 48.8 Å². The fourth-order valence-corrected chi connectivity index (χ4v) is 3.83. The van der Waals surface area contributed by atoms with E-state index >= 15 is 0 Å². The molecular weight excluding hydrogens is 465 g/mol. The van der Waals surface area contributed by atoms with Crippen LogP contribution in [0.2, 0.25) is 0 Å². The van der Waals surface area contributed by atoms with Crippen LogP contribution in [0.15, 0.2) is 29.2 Å². The third-order valence-corrected chi connectivity index (χ3v) is 5.84. The van der Waals surface area contributed by atoms with Gasteiger partial charge in [0.15, 0.2) is 0 Å². The van der Waals surface area contributed by atoms with Crippen LogP contribution in [0.1, 0.15) is 33.6 Å². The molecule has 13 heteroatoms. The summed E-state index contributed by atoms with van der Waals surface area (Å²) < 4.78 is 66.4. The van der Waals surface area contributed by atoms with Crippen LogP contribution in [0.25, 0.3) is 0 Å². The van der Waals surface area contributed by atoms with Gasteiger partial charge >= 0.3 is 11.6 Å². The smallest absolute Gasteiger partial charge is 0.444 e. The normalized spacial score (nSPS) is 21.7. The second-order valence-electron chi connectivity index (χ2n) is 7.89. The van der Waals surface area contributed by atoms with Gasteiger partial charge < -0.3 is 20.5 Å². The van der Waals surface area contributed by atoms with Gasteiger partial charge in [-0.2, -0.15) is 13.2 Å². The Morgan fingerprint density at radius 2 is 1.77 bits per heavy atom. The van der Waals surface area contributed by atoms with Gasteiger partial charge in [0.25, 0.3) is 9.84 Å². The van der Waals surface area contributed by atoms with E-state index in [1.165, 1.54) is 6.07 Å². The largest absolute Gasteiger partial charge is 0.501 e. The van der Waals surface area contributed by atoms with Gasteiger partial charge in [0, 0.05) is 5.69 Å². The molecule has 0 spiro atoms. The highest BCUT2D eigenvalue weighted by Crippen LogP contribution is 2.32. The number of hydrogen-bond acceptors (Lipinski definition) is 6. The second kappa shape index (κ2) is 9.61. The molecule has 0 aromatic heterocycles. The third kappa shape index (κ3) is 6.71. The summed E-state index contributed by atoms with van der Waals surface area (Å²) in [4.78, 5) is 23.6. The first-order valence-corrected chi connectivity index (χ1v) is 10.5. The lowest BCUT2D eigenvalue weighted by atomic mass is 10.0. The highest BCUT2D eigenvalue weighted by molar-refractivity contribution is 7.92. The zero-order valence-corrected chi connectivity index (χ0v) is 18.5. The number of anilines is 1. The van der Waals surface area contributed by atoms with Crippen molar-refractivity contribution >= 4 is 39.9 Å². The molecule has 176 valence electrons. The van der Waals surface area contributed by atoms with Crippen LogP contribution in [0.3, 0.4) is 0 Å². The minimum atomic E-state index is -5.57. The monoisotopic (exact) mass is 488 g/mol. The van der Waals surface area contributed by atoms with Gasteiger partial charge in [-0.1, -0.05) is 6.07 Å². The van der Waals surface area contributed by atoms with Crippen molar-refractivity contribution in [1.82, 2.24) is 5.32 Å². The number of alkyl carbamates (subject to hydrolysis) is 1. The first kappa shape index (κ1) is 27.0. The molecule has 3 N–H and O–H groups in total. The molecule has 0 heterocycles. The van der Waals surface area contributed by atoms with Crippen molar-refractivity contribution < 1.29 is 41.0 Å². The average molecular weight is 489 g/mol. The molecule has 1 aromatic rings. The zero-order chi connectivity index (χ0) is 22.9. The number of carbonyl (C=O) groups is 2. The fraction of sp³-hybridized carbons (Fsp3) is 0.556. The van der Waals surface area contributed by atoms with Crippen LogP contribution < -0.4 is 10.6 Å². The average Bonchev–Trinajstić information content (AvgIpc) is 2.93. The number of carbonyl (C=O) groups excluding carboxylic acids is 2. The highest BCUT2D eigenvalue weighted by atomic mass is 35.5. The number of halogens is 4. The number of benzene rings is 1. The van der Waals surface area contributed by atoms with Gasteiger partial charge in [0.05, 0.1) is 23.0 Å². The minimum absolute atomic E-state index is 0. The molecular formula is C18H24ClF3N2O6S. The fourth-order valence-electron chi connectivity index (χ4n) is 3.02. The summed E-state index contributed by atoms with van der Waals surface area (Å²) in [6.45, 7) is 4.93. The van der Waals surface area contributed by atoms with Gasteiger partial charge in [-0.3, -0.25) is 4.79 Å². The molecule has 2 amide bonds. The SMILES string of the molecule is CC(C)(C)OC(=O)N[C@H]1[C@@H](O)CC[C@H]1C(=O)Nc1cccc(S(=O)(=O)C(F)(F)F)c1.Cl. The molecule has 0 unspecified atom stereocenters. The van der Waals surface area contributed by atoms with E-state index in [0.29, 0.717) is 6.07 Å². The van der Waals surface area contributed by atoms with Gasteiger partial charge in [0.2, 0.25) is 5.91 Å². The molecule has 1 fully saturated rings. The lowest BCUT2D eigenvalue weighted by molar-refractivity contribution is -0.120. The first-order valence-electron chi connectivity index (χ1n) is 9.02. The predicted molar refractivity (Wildman–Crippen MR) is 107 cm³/mol. The standard InChI is InChI=1S/C18H23F3N2O6S.ClH/c1-17(2,3)29-16(26)23-14-12(7-8-13(14)24)15(25)22-10-5-4-6-11(9-10)30(27,28)18(19,20)21;/h4-6,9,12-14,24H,7-8H2,1-3H3,(H,22,25)(H,23,26);1H/t12-,13+,14-;/m1./s1. The maximum absolute atomic E-state index is 12.7. The van der Waals surface area contributed by atoms with Gasteiger partial charge in [0.1, 0.15) is 5.60 Å². The molecule has 0 bridgehead atoms. The summed E-state index contributed by atoms with van der Waals surface area (Å²) in [5, 5.41) is 14.9. The highest BCUT2D eigenvalue weighted by Gasteiger charge is 2.47. The van der Waals surface area contributed by atoms with Gasteiger partial charge in [-0.05, 0) is 51.8 Å². The lowest BCUT2D eigenvalue weighted by Crippen LogP contribution is -2.48. The molecule has 0 saturated heterocycles. The van der Waals surface area contributed by atoms with Crippen LogP contribution in [0.4, 0.5) is 23.7 Å². The third-order valence-electron chi connectivity index (χ3n) is 4.36. The number of aliphatic hydroxyl groups excluding tert-OH is 1. The van der Waals surface area contributed by atoms with Crippen LogP contribution in [0.5, 0.6) is 0 Å². The Labute approximate surface area is 183 Å². The van der Waals surface area contributed by atoms with E-state index in [4.69, 9.17) is 4.74 Å². The van der Waals surface area contributed by atoms with Crippen molar-refractivity contribution in [2.45, 2.75) is 61.8 Å². The van der Waals surface area contributed by atoms with Gasteiger partial charge in [-0.15, -0.1) is 12.4 Å². The van der Waals surface area contributed by atoms with Crippen LogP contribution in [0, 0.1) is 5.92 Å². The number of hydrogen-bond donors (Lipinski definition) is 3. The molecule has 3 atom stereocenters. The maximum atomic E-state index is 12.7.